The molecule has 2 nitrogen and oxygen atoms in total. The number of nitrogens with zero attached hydrogens (tertiary/aromatic N) is 1. The van der Waals surface area contributed by atoms with Gasteiger partial charge < -0.3 is 5.32 Å². The van der Waals surface area contributed by atoms with Crippen LogP contribution in [-0.2, 0) is 0 Å². The molecule has 1 heterocycles. The second-order valence-electron chi connectivity index (χ2n) is 4.83. The zero-order chi connectivity index (χ0) is 12.3. The van der Waals surface area contributed by atoms with E-state index in [4.69, 9.17) is 0 Å². The van der Waals surface area contributed by atoms with Gasteiger partial charge >= 0.3 is 0 Å². The molecular formula is C15H24Cl2N2. The second kappa shape index (κ2) is 8.60. The van der Waals surface area contributed by atoms with Crippen molar-refractivity contribution in [1.29, 1.82) is 0 Å². The summed E-state index contributed by atoms with van der Waals surface area (Å²) in [7, 11) is 0. The number of rotatable bonds is 3. The molecule has 2 rings (SSSR count). The predicted octanol–water partition coefficient (Wildman–Crippen LogP) is 3.28. The van der Waals surface area contributed by atoms with Crippen molar-refractivity contribution >= 4 is 24.8 Å². The van der Waals surface area contributed by atoms with E-state index in [1.807, 2.05) is 0 Å². The number of piperazine rings is 1. The molecule has 1 aliphatic rings. The number of hydrogen-bond acceptors (Lipinski definition) is 2. The van der Waals surface area contributed by atoms with Gasteiger partial charge in [0.15, 0.2) is 0 Å². The van der Waals surface area contributed by atoms with Gasteiger partial charge in [0, 0.05) is 26.2 Å². The maximum atomic E-state index is 4.02. The molecule has 1 aliphatic heterocycles. The van der Waals surface area contributed by atoms with E-state index >= 15 is 0 Å². The molecule has 1 fully saturated rings. The van der Waals surface area contributed by atoms with Crippen LogP contribution in [0.3, 0.4) is 0 Å². The van der Waals surface area contributed by atoms with Crippen molar-refractivity contribution in [3.05, 3.63) is 47.5 Å². The molecule has 1 aromatic carbocycles. The minimum Gasteiger partial charge on any atom is -0.314 e. The largest absolute Gasteiger partial charge is 0.314 e. The highest BCUT2D eigenvalue weighted by Crippen LogP contribution is 2.26. The summed E-state index contributed by atoms with van der Waals surface area (Å²) in [5, 5.41) is 3.40. The van der Waals surface area contributed by atoms with Gasteiger partial charge in [-0.2, -0.15) is 0 Å². The molecule has 1 N–H and O–H groups in total. The Hall–Kier alpha value is -0.540. The molecule has 0 aliphatic carbocycles. The van der Waals surface area contributed by atoms with Gasteiger partial charge in [-0.3, -0.25) is 4.90 Å². The minimum absolute atomic E-state index is 0. The fourth-order valence-electron chi connectivity index (χ4n) is 2.51. The molecule has 0 unspecified atom stereocenters. The highest BCUT2D eigenvalue weighted by molar-refractivity contribution is 5.85. The van der Waals surface area contributed by atoms with E-state index in [1.165, 1.54) is 16.7 Å². The summed E-state index contributed by atoms with van der Waals surface area (Å²) in [6.07, 6.45) is 2.08. The molecular weight excluding hydrogens is 279 g/mol. The molecule has 1 atom stereocenters. The number of benzene rings is 1. The van der Waals surface area contributed by atoms with Crippen LogP contribution in [0.1, 0.15) is 22.7 Å². The fourth-order valence-corrected chi connectivity index (χ4v) is 2.51. The number of hydrogen-bond donors (Lipinski definition) is 1. The van der Waals surface area contributed by atoms with Crippen LogP contribution < -0.4 is 5.32 Å². The molecule has 0 spiro atoms. The Bertz CT molecular complexity index is 401. The third kappa shape index (κ3) is 4.50. The van der Waals surface area contributed by atoms with Crippen molar-refractivity contribution in [2.75, 3.05) is 26.2 Å². The molecule has 1 saturated heterocycles. The quantitative estimate of drug-likeness (QED) is 0.862. The Morgan fingerprint density at radius 2 is 1.84 bits per heavy atom. The molecule has 0 radical (unpaired) electrons. The first-order valence-corrected chi connectivity index (χ1v) is 6.37. The van der Waals surface area contributed by atoms with Gasteiger partial charge in [0.1, 0.15) is 0 Å². The fraction of sp³-hybridized carbons (Fsp3) is 0.467. The van der Waals surface area contributed by atoms with Crippen LogP contribution in [0, 0.1) is 13.8 Å². The molecule has 108 valence electrons. The molecule has 0 saturated carbocycles. The maximum Gasteiger partial charge on any atom is 0.0532 e. The summed E-state index contributed by atoms with van der Waals surface area (Å²) >= 11 is 0. The Morgan fingerprint density at radius 3 is 2.42 bits per heavy atom. The Balaban J connectivity index is 0.00000162. The van der Waals surface area contributed by atoms with Crippen molar-refractivity contribution in [3.63, 3.8) is 0 Å². The normalized spacial score (nSPS) is 16.9. The van der Waals surface area contributed by atoms with Crippen LogP contribution in [0.15, 0.2) is 30.9 Å². The van der Waals surface area contributed by atoms with E-state index in [9.17, 15) is 0 Å². The van der Waals surface area contributed by atoms with Crippen molar-refractivity contribution < 1.29 is 0 Å². The monoisotopic (exact) mass is 302 g/mol. The van der Waals surface area contributed by atoms with E-state index in [1.54, 1.807) is 0 Å². The molecule has 1 aromatic rings. The van der Waals surface area contributed by atoms with Gasteiger partial charge in [0.25, 0.3) is 0 Å². The lowest BCUT2D eigenvalue weighted by atomic mass is 9.97. The van der Waals surface area contributed by atoms with Gasteiger partial charge in [-0.1, -0.05) is 29.8 Å². The summed E-state index contributed by atoms with van der Waals surface area (Å²) in [6, 6.07) is 7.04. The third-order valence-corrected chi connectivity index (χ3v) is 3.52. The number of halogens is 2. The zero-order valence-electron chi connectivity index (χ0n) is 11.7. The van der Waals surface area contributed by atoms with Gasteiger partial charge in [-0.15, -0.1) is 31.4 Å². The molecule has 0 bridgehead atoms. The summed E-state index contributed by atoms with van der Waals surface area (Å²) in [4.78, 5) is 2.51. The first-order valence-electron chi connectivity index (χ1n) is 6.37. The summed E-state index contributed by atoms with van der Waals surface area (Å²) in [5.41, 5.74) is 4.09. The first-order chi connectivity index (χ1) is 8.22. The van der Waals surface area contributed by atoms with Crippen molar-refractivity contribution in [1.82, 2.24) is 10.2 Å². The van der Waals surface area contributed by atoms with E-state index in [0.717, 1.165) is 26.2 Å². The van der Waals surface area contributed by atoms with E-state index < -0.39 is 0 Å². The van der Waals surface area contributed by atoms with Crippen molar-refractivity contribution in [2.24, 2.45) is 0 Å². The van der Waals surface area contributed by atoms with Gasteiger partial charge in [-0.05, 0) is 25.0 Å². The van der Waals surface area contributed by atoms with E-state index in [0.29, 0.717) is 6.04 Å². The zero-order valence-corrected chi connectivity index (χ0v) is 13.3. The predicted molar refractivity (Wildman–Crippen MR) is 87.8 cm³/mol. The maximum absolute atomic E-state index is 4.02. The molecule has 0 amide bonds. The van der Waals surface area contributed by atoms with Crippen LogP contribution in [0.25, 0.3) is 0 Å². The van der Waals surface area contributed by atoms with Crippen LogP contribution in [-0.4, -0.2) is 31.1 Å². The molecule has 4 heteroatoms. The smallest absolute Gasteiger partial charge is 0.0532 e. The Kier molecular flexibility index (Phi) is 8.35. The Labute approximate surface area is 129 Å². The topological polar surface area (TPSA) is 15.3 Å². The van der Waals surface area contributed by atoms with E-state index in [2.05, 4.69) is 54.9 Å². The minimum atomic E-state index is 0. The highest BCUT2D eigenvalue weighted by atomic mass is 35.5. The van der Waals surface area contributed by atoms with E-state index in [-0.39, 0.29) is 24.8 Å². The van der Waals surface area contributed by atoms with Crippen LogP contribution >= 0.6 is 24.8 Å². The standard InChI is InChI=1S/C15H22N2.2ClH/c1-4-15(17-9-7-16-8-10-17)14-11-12(2)5-6-13(14)3;;/h4-6,11,15-16H,1,7-10H2,2-3H3;2*1H/t15-;;/m0../s1. The summed E-state index contributed by atoms with van der Waals surface area (Å²) in [5.74, 6) is 0. The van der Waals surface area contributed by atoms with Crippen LogP contribution in [0.5, 0.6) is 0 Å². The Morgan fingerprint density at radius 1 is 1.21 bits per heavy atom. The lowest BCUT2D eigenvalue weighted by Gasteiger charge is -2.34. The van der Waals surface area contributed by atoms with Gasteiger partial charge in [0.05, 0.1) is 6.04 Å². The van der Waals surface area contributed by atoms with Crippen molar-refractivity contribution in [3.8, 4) is 0 Å². The lowest BCUT2D eigenvalue weighted by molar-refractivity contribution is 0.203. The van der Waals surface area contributed by atoms with Gasteiger partial charge in [-0.25, -0.2) is 0 Å². The lowest BCUT2D eigenvalue weighted by Crippen LogP contribution is -2.44. The highest BCUT2D eigenvalue weighted by Gasteiger charge is 2.20. The third-order valence-electron chi connectivity index (χ3n) is 3.52. The SMILES string of the molecule is C=C[C@@H](c1cc(C)ccc1C)N1CCNCC1.Cl.Cl. The average molecular weight is 303 g/mol. The molecule has 19 heavy (non-hydrogen) atoms. The van der Waals surface area contributed by atoms with Gasteiger partial charge in [0.2, 0.25) is 0 Å². The van der Waals surface area contributed by atoms with Crippen LogP contribution in [0.2, 0.25) is 0 Å². The average Bonchev–Trinajstić information content (AvgIpc) is 2.36. The second-order valence-corrected chi connectivity index (χ2v) is 4.83. The first kappa shape index (κ1) is 18.5. The number of nitrogens with one attached hydrogen (secondary N) is 1. The summed E-state index contributed by atoms with van der Waals surface area (Å²) < 4.78 is 0. The summed E-state index contributed by atoms with van der Waals surface area (Å²) in [6.45, 7) is 12.7. The molecule has 0 aromatic heterocycles. The van der Waals surface area contributed by atoms with Crippen molar-refractivity contribution in [2.45, 2.75) is 19.9 Å². The number of aryl methyl sites for hydroxylation is 2. The van der Waals surface area contributed by atoms with Crippen LogP contribution in [0.4, 0.5) is 0 Å².